The molecule has 0 saturated carbocycles. The van der Waals surface area contributed by atoms with Crippen molar-refractivity contribution in [3.63, 3.8) is 0 Å². The van der Waals surface area contributed by atoms with Crippen molar-refractivity contribution in [1.29, 1.82) is 0 Å². The van der Waals surface area contributed by atoms with Crippen molar-refractivity contribution in [1.82, 2.24) is 0 Å². The molecule has 2 heteroatoms. The number of fused-ring (bicyclic) bond motifs is 1. The third-order valence-corrected chi connectivity index (χ3v) is 3.66. The van der Waals surface area contributed by atoms with Crippen LogP contribution in [0.4, 0.5) is 0 Å². The van der Waals surface area contributed by atoms with Crippen molar-refractivity contribution in [2.45, 2.75) is 33.6 Å². The Balaban J connectivity index is 2.31. The molecule has 0 amide bonds. The molecular weight excluding hydrogens is 212 g/mol. The molecule has 0 aromatic rings. The summed E-state index contributed by atoms with van der Waals surface area (Å²) in [5.41, 5.74) is 1.14. The number of carbonyl (C=O) groups is 1. The van der Waals surface area contributed by atoms with Crippen LogP contribution in [0, 0.1) is 17.8 Å². The highest BCUT2D eigenvalue weighted by Gasteiger charge is 2.37. The van der Waals surface area contributed by atoms with Crippen LogP contribution in [0.1, 0.15) is 33.6 Å². The predicted molar refractivity (Wildman–Crippen MR) is 68.1 cm³/mol. The smallest absolute Gasteiger partial charge is 0.314 e. The fourth-order valence-electron chi connectivity index (χ4n) is 2.43. The molecule has 0 aromatic heterocycles. The third-order valence-electron chi connectivity index (χ3n) is 3.66. The van der Waals surface area contributed by atoms with E-state index in [4.69, 9.17) is 4.74 Å². The number of hydrogen-bond donors (Lipinski definition) is 0. The van der Waals surface area contributed by atoms with Gasteiger partial charge in [0.25, 0.3) is 0 Å². The highest BCUT2D eigenvalue weighted by Crippen LogP contribution is 2.36. The van der Waals surface area contributed by atoms with Crippen molar-refractivity contribution >= 4 is 5.97 Å². The van der Waals surface area contributed by atoms with Crippen molar-refractivity contribution in [3.8, 4) is 0 Å². The van der Waals surface area contributed by atoms with Crippen molar-refractivity contribution in [2.24, 2.45) is 17.8 Å². The zero-order chi connectivity index (χ0) is 12.4. The quantitative estimate of drug-likeness (QED) is 0.596. The molecule has 0 aromatic carbocycles. The van der Waals surface area contributed by atoms with Gasteiger partial charge in [-0.15, -0.1) is 0 Å². The first kappa shape index (κ1) is 12.2. The minimum atomic E-state index is -0.0751. The molecule has 2 nitrogen and oxygen atoms in total. The fourth-order valence-corrected chi connectivity index (χ4v) is 2.43. The monoisotopic (exact) mass is 232 g/mol. The molecule has 2 rings (SSSR count). The van der Waals surface area contributed by atoms with Crippen LogP contribution >= 0.6 is 0 Å². The summed E-state index contributed by atoms with van der Waals surface area (Å²) < 4.78 is 5.37. The van der Waals surface area contributed by atoms with Gasteiger partial charge in [0.1, 0.15) is 5.76 Å². The average Bonchev–Trinajstić information content (AvgIpc) is 2.52. The summed E-state index contributed by atoms with van der Waals surface area (Å²) in [6.07, 6.45) is 10.5. The molecule has 0 bridgehead atoms. The van der Waals surface area contributed by atoms with Gasteiger partial charge in [0.05, 0.1) is 5.92 Å². The van der Waals surface area contributed by atoms with Gasteiger partial charge in [-0.25, -0.2) is 0 Å². The molecule has 92 valence electrons. The Bertz CT molecular complexity index is 401. The third kappa shape index (κ3) is 2.68. The van der Waals surface area contributed by atoms with E-state index in [0.29, 0.717) is 5.92 Å². The van der Waals surface area contributed by atoms with E-state index in [-0.39, 0.29) is 17.8 Å². The summed E-state index contributed by atoms with van der Waals surface area (Å²) in [5.74, 6) is 1.61. The average molecular weight is 232 g/mol. The summed E-state index contributed by atoms with van der Waals surface area (Å²) >= 11 is 0. The van der Waals surface area contributed by atoms with Gasteiger partial charge in [-0.1, -0.05) is 32.1 Å². The molecule has 0 N–H and O–H groups in total. The Hall–Kier alpha value is -1.31. The minimum Gasteiger partial charge on any atom is -0.431 e. The topological polar surface area (TPSA) is 26.3 Å². The van der Waals surface area contributed by atoms with Crippen molar-refractivity contribution in [3.05, 3.63) is 35.6 Å². The van der Waals surface area contributed by atoms with E-state index in [2.05, 4.69) is 25.2 Å². The van der Waals surface area contributed by atoms with E-state index in [1.165, 1.54) is 0 Å². The normalized spacial score (nSPS) is 33.6. The molecule has 0 spiro atoms. The SMILES string of the molecule is CC1=CC=C[C@H](C)CC[C@@H]2C(=C1)OC(=O)C2C. The van der Waals surface area contributed by atoms with Gasteiger partial charge in [-0.05, 0) is 37.3 Å². The van der Waals surface area contributed by atoms with E-state index in [9.17, 15) is 4.79 Å². The summed E-state index contributed by atoms with van der Waals surface area (Å²) in [7, 11) is 0. The first-order valence-corrected chi connectivity index (χ1v) is 6.36. The summed E-state index contributed by atoms with van der Waals surface area (Å²) in [4.78, 5) is 11.6. The van der Waals surface area contributed by atoms with Gasteiger partial charge in [-0.2, -0.15) is 0 Å². The van der Waals surface area contributed by atoms with Gasteiger partial charge in [0.2, 0.25) is 0 Å². The molecule has 1 unspecified atom stereocenters. The van der Waals surface area contributed by atoms with Crippen LogP contribution in [0.25, 0.3) is 0 Å². The molecular formula is C15H20O2. The van der Waals surface area contributed by atoms with Crippen LogP contribution in [0.15, 0.2) is 35.6 Å². The predicted octanol–water partition coefficient (Wildman–Crippen LogP) is 3.61. The molecule has 1 saturated heterocycles. The maximum Gasteiger partial charge on any atom is 0.314 e. The number of hydrogen-bond acceptors (Lipinski definition) is 2. The number of rotatable bonds is 0. The van der Waals surface area contributed by atoms with Crippen molar-refractivity contribution in [2.75, 3.05) is 0 Å². The first-order chi connectivity index (χ1) is 8.08. The number of ether oxygens (including phenoxy) is 1. The van der Waals surface area contributed by atoms with E-state index in [0.717, 1.165) is 24.2 Å². The Morgan fingerprint density at radius 3 is 2.82 bits per heavy atom. The van der Waals surface area contributed by atoms with Crippen molar-refractivity contribution < 1.29 is 9.53 Å². The van der Waals surface area contributed by atoms with Crippen LogP contribution in [0.3, 0.4) is 0 Å². The molecule has 1 heterocycles. The lowest BCUT2D eigenvalue weighted by Crippen LogP contribution is -2.12. The Morgan fingerprint density at radius 2 is 2.06 bits per heavy atom. The second kappa shape index (κ2) is 4.91. The Labute approximate surface area is 103 Å². The molecule has 1 aliphatic heterocycles. The molecule has 2 aliphatic rings. The number of carbonyl (C=O) groups excluding carboxylic acids is 1. The van der Waals surface area contributed by atoms with Crippen LogP contribution in [0.5, 0.6) is 0 Å². The zero-order valence-electron chi connectivity index (χ0n) is 10.8. The first-order valence-electron chi connectivity index (χ1n) is 6.36. The lowest BCUT2D eigenvalue weighted by Gasteiger charge is -2.15. The largest absolute Gasteiger partial charge is 0.431 e. The standard InChI is InChI=1S/C15H20O2/c1-10-5-4-6-11(2)9-14-13(8-7-10)12(3)15(16)17-14/h4-6,9-10,12-13H,7-8H2,1-3H3/t10-,12?,13-/m0/s1. The summed E-state index contributed by atoms with van der Waals surface area (Å²) in [6.45, 7) is 6.23. The zero-order valence-corrected chi connectivity index (χ0v) is 10.8. The van der Waals surface area contributed by atoms with E-state index < -0.39 is 0 Å². The van der Waals surface area contributed by atoms with Gasteiger partial charge < -0.3 is 4.74 Å². The van der Waals surface area contributed by atoms with Crippen LogP contribution in [-0.4, -0.2) is 5.97 Å². The molecule has 3 atom stereocenters. The molecule has 1 aliphatic carbocycles. The van der Waals surface area contributed by atoms with Gasteiger partial charge >= 0.3 is 5.97 Å². The lowest BCUT2D eigenvalue weighted by atomic mass is 9.86. The highest BCUT2D eigenvalue weighted by atomic mass is 16.5. The number of allylic oxidation sites excluding steroid dienone is 6. The summed E-state index contributed by atoms with van der Waals surface area (Å²) in [5, 5.41) is 0. The molecule has 17 heavy (non-hydrogen) atoms. The highest BCUT2D eigenvalue weighted by molar-refractivity contribution is 5.77. The fraction of sp³-hybridized carbons (Fsp3) is 0.533. The minimum absolute atomic E-state index is 0.00431. The molecule has 1 fully saturated rings. The van der Waals surface area contributed by atoms with E-state index in [1.54, 1.807) is 0 Å². The second-order valence-corrected chi connectivity index (χ2v) is 5.21. The van der Waals surface area contributed by atoms with Crippen LogP contribution in [0.2, 0.25) is 0 Å². The maximum absolute atomic E-state index is 11.6. The summed E-state index contributed by atoms with van der Waals surface area (Å²) in [6, 6.07) is 0. The maximum atomic E-state index is 11.6. The van der Waals surface area contributed by atoms with Gasteiger partial charge in [0.15, 0.2) is 0 Å². The van der Waals surface area contributed by atoms with Crippen LogP contribution < -0.4 is 0 Å². The van der Waals surface area contributed by atoms with E-state index >= 15 is 0 Å². The van der Waals surface area contributed by atoms with E-state index in [1.807, 2.05) is 19.9 Å². The Morgan fingerprint density at radius 1 is 1.29 bits per heavy atom. The lowest BCUT2D eigenvalue weighted by molar-refractivity contribution is -0.138. The second-order valence-electron chi connectivity index (χ2n) is 5.21. The van der Waals surface area contributed by atoms with Gasteiger partial charge in [0, 0.05) is 5.92 Å². The molecule has 0 radical (unpaired) electrons. The number of esters is 1. The Kier molecular flexibility index (Phi) is 3.51. The van der Waals surface area contributed by atoms with Crippen LogP contribution in [-0.2, 0) is 9.53 Å². The van der Waals surface area contributed by atoms with Gasteiger partial charge in [-0.3, -0.25) is 4.79 Å².